The lowest BCUT2D eigenvalue weighted by atomic mass is 10.2. The molecule has 2 aromatic carbocycles. The van der Waals surface area contributed by atoms with Crippen LogP contribution in [-0.2, 0) is 10.0 Å². The van der Waals surface area contributed by atoms with E-state index < -0.39 is 14.9 Å². The van der Waals surface area contributed by atoms with Gasteiger partial charge in [-0.2, -0.15) is 13.5 Å². The molecule has 0 aliphatic carbocycles. The number of nitro groups is 1. The van der Waals surface area contributed by atoms with E-state index in [1.807, 2.05) is 4.83 Å². The molecule has 0 amide bonds. The summed E-state index contributed by atoms with van der Waals surface area (Å²) in [7, 11) is -4.00. The molecule has 8 nitrogen and oxygen atoms in total. The quantitative estimate of drug-likeness (QED) is 0.492. The molecule has 0 aliphatic rings. The van der Waals surface area contributed by atoms with Crippen molar-refractivity contribution in [3.05, 3.63) is 64.2 Å². The van der Waals surface area contributed by atoms with Crippen molar-refractivity contribution in [1.82, 2.24) is 4.83 Å². The van der Waals surface area contributed by atoms with Crippen molar-refractivity contribution in [2.45, 2.75) is 4.90 Å². The van der Waals surface area contributed by atoms with Crippen LogP contribution in [-0.4, -0.2) is 24.7 Å². The summed E-state index contributed by atoms with van der Waals surface area (Å²) in [4.78, 5) is 11.7. The van der Waals surface area contributed by atoms with Crippen LogP contribution >= 0.6 is 0 Å². The zero-order chi connectivity index (χ0) is 16.2. The van der Waals surface area contributed by atoms with Crippen LogP contribution in [0.1, 0.15) is 5.56 Å². The van der Waals surface area contributed by atoms with Crippen LogP contribution in [0.15, 0.2) is 58.5 Å². The van der Waals surface area contributed by atoms with E-state index in [2.05, 4.69) is 5.10 Å². The van der Waals surface area contributed by atoms with Gasteiger partial charge in [0.15, 0.2) is 0 Å². The summed E-state index contributed by atoms with van der Waals surface area (Å²) in [5.41, 5.74) is 0.241. The minimum absolute atomic E-state index is 0.0781. The molecule has 9 heteroatoms. The SMILES string of the molecule is O=[N+]([O-])c1cccc(S(=O)(=O)N/N=C\c2ccc(O)cc2)c1. The van der Waals surface area contributed by atoms with Gasteiger partial charge in [-0.1, -0.05) is 6.07 Å². The van der Waals surface area contributed by atoms with Crippen molar-refractivity contribution in [1.29, 1.82) is 0 Å². The van der Waals surface area contributed by atoms with Crippen molar-refractivity contribution in [2.24, 2.45) is 5.10 Å². The monoisotopic (exact) mass is 321 g/mol. The fourth-order valence-corrected chi connectivity index (χ4v) is 2.38. The van der Waals surface area contributed by atoms with E-state index in [0.717, 1.165) is 6.07 Å². The first-order valence-corrected chi connectivity index (χ1v) is 7.45. The first-order chi connectivity index (χ1) is 10.4. The molecule has 0 fully saturated rings. The molecular weight excluding hydrogens is 310 g/mol. The lowest BCUT2D eigenvalue weighted by Crippen LogP contribution is -2.18. The molecule has 0 radical (unpaired) electrons. The number of rotatable bonds is 5. The van der Waals surface area contributed by atoms with Crippen LogP contribution < -0.4 is 4.83 Å². The van der Waals surface area contributed by atoms with Crippen LogP contribution in [0, 0.1) is 10.1 Å². The maximum atomic E-state index is 12.0. The van der Waals surface area contributed by atoms with Gasteiger partial charge >= 0.3 is 0 Å². The molecule has 0 aliphatic heterocycles. The maximum absolute atomic E-state index is 12.0. The number of hydrogen-bond donors (Lipinski definition) is 2. The molecule has 0 bridgehead atoms. The van der Waals surface area contributed by atoms with E-state index in [-0.39, 0.29) is 16.3 Å². The summed E-state index contributed by atoms with van der Waals surface area (Å²) < 4.78 is 23.9. The van der Waals surface area contributed by atoms with E-state index in [9.17, 15) is 18.5 Å². The van der Waals surface area contributed by atoms with Crippen LogP contribution in [0.3, 0.4) is 0 Å². The zero-order valence-electron chi connectivity index (χ0n) is 11.1. The highest BCUT2D eigenvalue weighted by atomic mass is 32.2. The topological polar surface area (TPSA) is 122 Å². The second kappa shape index (κ2) is 6.22. The van der Waals surface area contributed by atoms with E-state index in [0.29, 0.717) is 5.56 Å². The normalized spacial score (nSPS) is 11.5. The summed E-state index contributed by atoms with van der Waals surface area (Å²) in [5.74, 6) is 0.0781. The molecular formula is C13H11N3O5S. The summed E-state index contributed by atoms with van der Waals surface area (Å²) in [6.45, 7) is 0. The van der Waals surface area contributed by atoms with Crippen LogP contribution in [0.4, 0.5) is 5.69 Å². The summed E-state index contributed by atoms with van der Waals surface area (Å²) in [6.07, 6.45) is 1.24. The Balaban J connectivity index is 2.16. The maximum Gasteiger partial charge on any atom is 0.276 e. The number of aromatic hydroxyl groups is 1. The minimum atomic E-state index is -4.00. The van der Waals surface area contributed by atoms with E-state index >= 15 is 0 Å². The van der Waals surface area contributed by atoms with Crippen molar-refractivity contribution in [3.63, 3.8) is 0 Å². The third-order valence-electron chi connectivity index (χ3n) is 2.62. The smallest absolute Gasteiger partial charge is 0.276 e. The Morgan fingerprint density at radius 3 is 2.50 bits per heavy atom. The van der Waals surface area contributed by atoms with Gasteiger partial charge in [-0.25, -0.2) is 4.83 Å². The Morgan fingerprint density at radius 1 is 1.18 bits per heavy atom. The standard InChI is InChI=1S/C13H11N3O5S/c17-12-6-4-10(5-7-12)9-14-15-22(20,21)13-3-1-2-11(8-13)16(18)19/h1-9,15,17H/b14-9-. The van der Waals surface area contributed by atoms with Crippen molar-refractivity contribution in [2.75, 3.05) is 0 Å². The van der Waals surface area contributed by atoms with Gasteiger partial charge in [-0.15, -0.1) is 0 Å². The second-order valence-corrected chi connectivity index (χ2v) is 5.86. The minimum Gasteiger partial charge on any atom is -0.508 e. The van der Waals surface area contributed by atoms with E-state index in [1.54, 1.807) is 12.1 Å². The molecule has 0 spiro atoms. The molecule has 0 heterocycles. The molecule has 0 unspecified atom stereocenters. The Kier molecular flexibility index (Phi) is 4.37. The number of sulfonamides is 1. The predicted octanol–water partition coefficient (Wildman–Crippen LogP) is 1.61. The summed E-state index contributed by atoms with van der Waals surface area (Å²) >= 11 is 0. The number of phenols is 1. The van der Waals surface area contributed by atoms with Gasteiger partial charge in [0.1, 0.15) is 5.75 Å². The summed E-state index contributed by atoms with van der Waals surface area (Å²) in [5, 5.41) is 23.3. The Morgan fingerprint density at radius 2 is 1.86 bits per heavy atom. The Hall–Kier alpha value is -2.94. The number of nitrogens with one attached hydrogen (secondary N) is 1. The van der Waals surface area contributed by atoms with Gasteiger partial charge in [0, 0.05) is 12.1 Å². The number of hydrazone groups is 1. The van der Waals surface area contributed by atoms with Crippen LogP contribution in [0.25, 0.3) is 0 Å². The lowest BCUT2D eigenvalue weighted by molar-refractivity contribution is -0.385. The number of hydrogen-bond acceptors (Lipinski definition) is 6. The Bertz CT molecular complexity index is 816. The third kappa shape index (κ3) is 3.79. The molecule has 114 valence electrons. The molecule has 2 N–H and O–H groups in total. The van der Waals surface area contributed by atoms with Crippen molar-refractivity contribution >= 4 is 21.9 Å². The number of nitrogens with zero attached hydrogens (tertiary/aromatic N) is 2. The van der Waals surface area contributed by atoms with Gasteiger partial charge in [-0.05, 0) is 35.9 Å². The van der Waals surface area contributed by atoms with Crippen molar-refractivity contribution in [3.8, 4) is 5.75 Å². The van der Waals surface area contributed by atoms with Gasteiger partial charge in [-0.3, -0.25) is 10.1 Å². The zero-order valence-corrected chi connectivity index (χ0v) is 11.9. The first-order valence-electron chi connectivity index (χ1n) is 5.97. The highest BCUT2D eigenvalue weighted by Crippen LogP contribution is 2.17. The van der Waals surface area contributed by atoms with E-state index in [4.69, 9.17) is 5.11 Å². The largest absolute Gasteiger partial charge is 0.508 e. The average Bonchev–Trinajstić information content (AvgIpc) is 2.49. The molecule has 0 aromatic heterocycles. The first kappa shape index (κ1) is 15.4. The summed E-state index contributed by atoms with van der Waals surface area (Å²) in [6, 6.07) is 10.6. The number of phenolic OH excluding ortho intramolecular Hbond substituents is 1. The highest BCUT2D eigenvalue weighted by molar-refractivity contribution is 7.89. The second-order valence-electron chi connectivity index (χ2n) is 4.20. The molecule has 2 rings (SSSR count). The molecule has 0 atom stereocenters. The number of non-ortho nitro benzene ring substituents is 1. The predicted molar refractivity (Wildman–Crippen MR) is 79.1 cm³/mol. The number of nitro benzene ring substituents is 1. The van der Waals surface area contributed by atoms with Gasteiger partial charge < -0.3 is 5.11 Å². The third-order valence-corrected chi connectivity index (χ3v) is 3.84. The Labute approximate surface area is 125 Å². The highest BCUT2D eigenvalue weighted by Gasteiger charge is 2.16. The molecule has 0 saturated heterocycles. The van der Waals surface area contributed by atoms with Crippen LogP contribution in [0.2, 0.25) is 0 Å². The van der Waals surface area contributed by atoms with Crippen molar-refractivity contribution < 1.29 is 18.4 Å². The lowest BCUT2D eigenvalue weighted by Gasteiger charge is -2.03. The van der Waals surface area contributed by atoms with E-state index in [1.165, 1.54) is 36.5 Å². The molecule has 2 aromatic rings. The average molecular weight is 321 g/mol. The molecule has 22 heavy (non-hydrogen) atoms. The van der Waals surface area contributed by atoms with Crippen LogP contribution in [0.5, 0.6) is 5.75 Å². The number of benzene rings is 2. The van der Waals surface area contributed by atoms with Gasteiger partial charge in [0.25, 0.3) is 15.7 Å². The molecule has 0 saturated carbocycles. The van der Waals surface area contributed by atoms with Gasteiger partial charge in [0.2, 0.25) is 0 Å². The fraction of sp³-hybridized carbons (Fsp3) is 0. The fourth-order valence-electron chi connectivity index (χ4n) is 1.55. The van der Waals surface area contributed by atoms with Gasteiger partial charge in [0.05, 0.1) is 16.0 Å².